The number of carbonyl (C=O) groups excluding carboxylic acids is 1. The Morgan fingerprint density at radius 1 is 1.17 bits per heavy atom. The molecule has 2 aromatic carbocycles. The summed E-state index contributed by atoms with van der Waals surface area (Å²) in [7, 11) is -1.68. The van der Waals surface area contributed by atoms with Crippen LogP contribution in [0.5, 0.6) is 0 Å². The van der Waals surface area contributed by atoms with Gasteiger partial charge in [0.1, 0.15) is 5.82 Å². The molecule has 1 heterocycles. The summed E-state index contributed by atoms with van der Waals surface area (Å²) in [6, 6.07) is 12.4. The average molecular weight is 493 g/mol. The van der Waals surface area contributed by atoms with E-state index in [2.05, 4.69) is 26.2 Å². The first-order valence-corrected chi connectivity index (χ1v) is 12.0. The number of anilines is 1. The van der Waals surface area contributed by atoms with Gasteiger partial charge in [0.25, 0.3) is 0 Å². The standard InChI is InChI=1S/C21H25BrN4O3S/c1-4-26(5-2)30(28,29)15-10-11-19-18(14-15)23-20(25(19)3)12-13-21(27)24-17-9-7-6-8-16(17)22/h6-11,14H,4-5,12-13H2,1-3H3,(H,24,27). The van der Waals surface area contributed by atoms with E-state index in [0.29, 0.717) is 25.0 Å². The van der Waals surface area contributed by atoms with Crippen molar-refractivity contribution < 1.29 is 13.2 Å². The number of nitrogens with one attached hydrogen (secondary N) is 1. The Kier molecular flexibility index (Phi) is 6.95. The van der Waals surface area contributed by atoms with Crippen LogP contribution in [-0.4, -0.2) is 41.3 Å². The number of aromatic nitrogens is 2. The molecule has 0 atom stereocenters. The predicted octanol–water partition coefficient (Wildman–Crippen LogP) is 3.94. The summed E-state index contributed by atoms with van der Waals surface area (Å²) in [6.07, 6.45) is 0.711. The minimum absolute atomic E-state index is 0.112. The molecule has 0 saturated carbocycles. The van der Waals surface area contributed by atoms with Crippen molar-refractivity contribution in [2.75, 3.05) is 18.4 Å². The summed E-state index contributed by atoms with van der Waals surface area (Å²) >= 11 is 3.42. The first kappa shape index (κ1) is 22.5. The minimum atomic E-state index is -3.55. The lowest BCUT2D eigenvalue weighted by atomic mass is 10.2. The van der Waals surface area contributed by atoms with Gasteiger partial charge in [0, 0.05) is 37.5 Å². The van der Waals surface area contributed by atoms with Crippen molar-refractivity contribution in [2.45, 2.75) is 31.6 Å². The summed E-state index contributed by atoms with van der Waals surface area (Å²) in [6.45, 7) is 4.46. The Hall–Kier alpha value is -2.23. The van der Waals surface area contributed by atoms with Crippen molar-refractivity contribution in [1.29, 1.82) is 0 Å². The molecule has 0 unspecified atom stereocenters. The number of aryl methyl sites for hydroxylation is 2. The summed E-state index contributed by atoms with van der Waals surface area (Å²) in [4.78, 5) is 17.2. The third-order valence-electron chi connectivity index (χ3n) is 5.01. The molecule has 1 aromatic heterocycles. The van der Waals surface area contributed by atoms with Crippen LogP contribution in [0.15, 0.2) is 51.8 Å². The van der Waals surface area contributed by atoms with Crippen LogP contribution in [0.2, 0.25) is 0 Å². The van der Waals surface area contributed by atoms with E-state index in [9.17, 15) is 13.2 Å². The summed E-state index contributed by atoms with van der Waals surface area (Å²) < 4.78 is 29.7. The fourth-order valence-electron chi connectivity index (χ4n) is 3.33. The Labute approximate surface area is 185 Å². The molecular weight excluding hydrogens is 468 g/mol. The van der Waals surface area contributed by atoms with Crippen LogP contribution >= 0.6 is 15.9 Å². The maximum atomic E-state index is 12.8. The zero-order chi connectivity index (χ0) is 21.9. The molecule has 160 valence electrons. The minimum Gasteiger partial charge on any atom is -0.331 e. The van der Waals surface area contributed by atoms with E-state index in [0.717, 1.165) is 21.5 Å². The van der Waals surface area contributed by atoms with E-state index < -0.39 is 10.0 Å². The topological polar surface area (TPSA) is 84.3 Å². The Morgan fingerprint density at radius 3 is 2.53 bits per heavy atom. The van der Waals surface area contributed by atoms with Crippen LogP contribution in [0, 0.1) is 0 Å². The van der Waals surface area contributed by atoms with E-state index >= 15 is 0 Å². The maximum absolute atomic E-state index is 12.8. The number of hydrogen-bond donors (Lipinski definition) is 1. The molecule has 0 bridgehead atoms. The van der Waals surface area contributed by atoms with Crippen LogP contribution in [0.25, 0.3) is 11.0 Å². The number of amides is 1. The highest BCUT2D eigenvalue weighted by Crippen LogP contribution is 2.24. The van der Waals surface area contributed by atoms with Crippen LogP contribution in [0.3, 0.4) is 0 Å². The molecule has 0 spiro atoms. The number of hydrogen-bond acceptors (Lipinski definition) is 4. The number of para-hydroxylation sites is 1. The van der Waals surface area contributed by atoms with E-state index in [-0.39, 0.29) is 17.2 Å². The first-order valence-electron chi connectivity index (χ1n) is 9.77. The molecule has 0 aliphatic rings. The summed E-state index contributed by atoms with van der Waals surface area (Å²) in [5.74, 6) is 0.614. The van der Waals surface area contributed by atoms with E-state index in [4.69, 9.17) is 0 Å². The van der Waals surface area contributed by atoms with Gasteiger partial charge in [-0.1, -0.05) is 26.0 Å². The number of carbonyl (C=O) groups is 1. The molecule has 0 aliphatic carbocycles. The van der Waals surface area contributed by atoms with Gasteiger partial charge >= 0.3 is 0 Å². The maximum Gasteiger partial charge on any atom is 0.243 e. The molecule has 30 heavy (non-hydrogen) atoms. The van der Waals surface area contributed by atoms with Gasteiger partial charge in [0.15, 0.2) is 0 Å². The normalized spacial score (nSPS) is 11.9. The van der Waals surface area contributed by atoms with Crippen molar-refractivity contribution >= 4 is 48.6 Å². The number of benzene rings is 2. The average Bonchev–Trinajstić information content (AvgIpc) is 3.04. The summed E-state index contributed by atoms with van der Waals surface area (Å²) in [5, 5.41) is 2.88. The first-order chi connectivity index (χ1) is 14.3. The lowest BCUT2D eigenvalue weighted by Gasteiger charge is -2.18. The quantitative estimate of drug-likeness (QED) is 0.515. The SMILES string of the molecule is CCN(CC)S(=O)(=O)c1ccc2c(c1)nc(CCC(=O)Nc1ccccc1Br)n2C. The zero-order valence-corrected chi connectivity index (χ0v) is 19.6. The lowest BCUT2D eigenvalue weighted by molar-refractivity contribution is -0.116. The van der Waals surface area contributed by atoms with Gasteiger partial charge in [-0.05, 0) is 46.3 Å². The lowest BCUT2D eigenvalue weighted by Crippen LogP contribution is -2.30. The van der Waals surface area contributed by atoms with Gasteiger partial charge < -0.3 is 9.88 Å². The Morgan fingerprint density at radius 2 is 1.87 bits per heavy atom. The van der Waals surface area contributed by atoms with Crippen LogP contribution in [0.1, 0.15) is 26.1 Å². The van der Waals surface area contributed by atoms with Crippen LogP contribution in [0.4, 0.5) is 5.69 Å². The highest BCUT2D eigenvalue weighted by atomic mass is 79.9. The number of halogens is 1. The fraction of sp³-hybridized carbons (Fsp3) is 0.333. The van der Waals surface area contributed by atoms with Crippen molar-refractivity contribution in [3.63, 3.8) is 0 Å². The number of sulfonamides is 1. The van der Waals surface area contributed by atoms with Crippen molar-refractivity contribution in [1.82, 2.24) is 13.9 Å². The molecule has 3 rings (SSSR count). The van der Waals surface area contributed by atoms with E-state index in [1.165, 1.54) is 4.31 Å². The van der Waals surface area contributed by atoms with Crippen molar-refractivity contribution in [3.8, 4) is 0 Å². The molecule has 9 heteroatoms. The molecule has 7 nitrogen and oxygen atoms in total. The van der Waals surface area contributed by atoms with Crippen molar-refractivity contribution in [2.24, 2.45) is 7.05 Å². The van der Waals surface area contributed by atoms with Gasteiger partial charge in [-0.15, -0.1) is 0 Å². The van der Waals surface area contributed by atoms with Gasteiger partial charge in [0.05, 0.1) is 21.6 Å². The van der Waals surface area contributed by atoms with Gasteiger partial charge in [-0.25, -0.2) is 13.4 Å². The smallest absolute Gasteiger partial charge is 0.243 e. The van der Waals surface area contributed by atoms with E-state index in [1.54, 1.807) is 18.2 Å². The van der Waals surface area contributed by atoms with Gasteiger partial charge in [0.2, 0.25) is 15.9 Å². The second kappa shape index (κ2) is 9.28. The molecular formula is C21H25BrN4O3S. The Balaban J connectivity index is 1.78. The highest BCUT2D eigenvalue weighted by molar-refractivity contribution is 9.10. The van der Waals surface area contributed by atoms with Crippen LogP contribution in [-0.2, 0) is 28.3 Å². The van der Waals surface area contributed by atoms with Gasteiger partial charge in [-0.2, -0.15) is 4.31 Å². The number of nitrogens with zero attached hydrogens (tertiary/aromatic N) is 3. The van der Waals surface area contributed by atoms with Crippen LogP contribution < -0.4 is 5.32 Å². The highest BCUT2D eigenvalue weighted by Gasteiger charge is 2.22. The molecule has 3 aromatic rings. The second-order valence-electron chi connectivity index (χ2n) is 6.85. The largest absolute Gasteiger partial charge is 0.331 e. The molecule has 1 N–H and O–H groups in total. The summed E-state index contributed by atoms with van der Waals surface area (Å²) in [5.41, 5.74) is 2.15. The molecule has 0 saturated heterocycles. The zero-order valence-electron chi connectivity index (χ0n) is 17.2. The second-order valence-corrected chi connectivity index (χ2v) is 9.65. The monoisotopic (exact) mass is 492 g/mol. The van der Waals surface area contributed by atoms with Crippen molar-refractivity contribution in [3.05, 3.63) is 52.8 Å². The molecule has 0 radical (unpaired) electrons. The fourth-order valence-corrected chi connectivity index (χ4v) is 5.19. The Bertz CT molecular complexity index is 1170. The predicted molar refractivity (Wildman–Crippen MR) is 122 cm³/mol. The molecule has 1 amide bonds. The van der Waals surface area contributed by atoms with E-state index in [1.807, 2.05) is 49.7 Å². The third-order valence-corrected chi connectivity index (χ3v) is 7.75. The number of imidazole rings is 1. The molecule has 0 aliphatic heterocycles. The molecule has 0 fully saturated rings. The number of rotatable bonds is 8. The van der Waals surface area contributed by atoms with Gasteiger partial charge in [-0.3, -0.25) is 4.79 Å². The third kappa shape index (κ3) is 4.58. The number of fused-ring (bicyclic) bond motifs is 1.